The van der Waals surface area contributed by atoms with E-state index in [0.29, 0.717) is 11.9 Å². The molecule has 19 heavy (non-hydrogen) atoms. The zero-order valence-corrected chi connectivity index (χ0v) is 12.8. The fourth-order valence-corrected chi connectivity index (χ4v) is 4.41. The Morgan fingerprint density at radius 3 is 2.63 bits per heavy atom. The first-order valence-corrected chi connectivity index (χ1v) is 8.32. The van der Waals surface area contributed by atoms with Gasteiger partial charge in [0.15, 0.2) is 0 Å². The number of halogens is 2. The first-order valence-electron chi connectivity index (χ1n) is 7.41. The highest BCUT2D eigenvalue weighted by Crippen LogP contribution is 2.41. The molecular formula is C16H21Cl2N. The van der Waals surface area contributed by atoms with Gasteiger partial charge in [0, 0.05) is 18.5 Å². The number of para-hydroxylation sites is 1. The number of rotatable bonds is 3. The molecular weight excluding hydrogens is 277 g/mol. The summed E-state index contributed by atoms with van der Waals surface area (Å²) in [5.74, 6) is 1.41. The van der Waals surface area contributed by atoms with Gasteiger partial charge in [-0.15, -0.1) is 11.6 Å². The minimum atomic E-state index is 0.545. The molecule has 2 aliphatic rings. The molecule has 1 unspecified atom stereocenters. The van der Waals surface area contributed by atoms with Crippen molar-refractivity contribution < 1.29 is 0 Å². The molecule has 0 spiro atoms. The minimum absolute atomic E-state index is 0.545. The third kappa shape index (κ3) is 2.60. The molecule has 1 saturated carbocycles. The first-order chi connectivity index (χ1) is 9.31. The molecule has 1 nitrogen and oxygen atoms in total. The van der Waals surface area contributed by atoms with Crippen LogP contribution in [-0.4, -0.2) is 12.6 Å². The van der Waals surface area contributed by atoms with Gasteiger partial charge in [-0.3, -0.25) is 0 Å². The predicted octanol–water partition coefficient (Wildman–Crippen LogP) is 5.24. The van der Waals surface area contributed by atoms with Crippen LogP contribution in [0.2, 0.25) is 5.02 Å². The van der Waals surface area contributed by atoms with Gasteiger partial charge in [0.1, 0.15) is 0 Å². The van der Waals surface area contributed by atoms with E-state index in [1.54, 1.807) is 0 Å². The summed E-state index contributed by atoms with van der Waals surface area (Å²) in [7, 11) is 0. The lowest BCUT2D eigenvalue weighted by Crippen LogP contribution is -2.35. The number of hydrogen-bond donors (Lipinski definition) is 0. The van der Waals surface area contributed by atoms with E-state index < -0.39 is 0 Å². The Morgan fingerprint density at radius 1 is 1.11 bits per heavy atom. The molecule has 0 aromatic heterocycles. The van der Waals surface area contributed by atoms with Crippen LogP contribution in [0.3, 0.4) is 0 Å². The molecule has 104 valence electrons. The highest BCUT2D eigenvalue weighted by Gasteiger charge is 2.34. The maximum Gasteiger partial charge on any atom is 0.0642 e. The second-order valence-electron chi connectivity index (χ2n) is 5.83. The van der Waals surface area contributed by atoms with Gasteiger partial charge in [-0.2, -0.15) is 0 Å². The Balaban J connectivity index is 1.91. The number of alkyl halides is 1. The average Bonchev–Trinajstić information content (AvgIpc) is 3.08. The maximum absolute atomic E-state index is 6.46. The Hall–Kier alpha value is -0.400. The molecule has 2 fully saturated rings. The molecule has 0 bridgehead atoms. The summed E-state index contributed by atoms with van der Waals surface area (Å²) >= 11 is 12.6. The standard InChI is InChI=1S/C16H21Cl2N/c17-11-13-7-3-8-14(18)16(13)19-10-4-9-15(19)12-5-1-2-6-12/h3,7-8,12,15H,1-2,4-6,9-11H2. The molecule has 3 rings (SSSR count). The van der Waals surface area contributed by atoms with Crippen molar-refractivity contribution >= 4 is 28.9 Å². The van der Waals surface area contributed by atoms with E-state index in [-0.39, 0.29) is 0 Å². The normalized spacial score (nSPS) is 24.3. The Morgan fingerprint density at radius 2 is 1.89 bits per heavy atom. The van der Waals surface area contributed by atoms with Gasteiger partial charge in [0.05, 0.1) is 10.7 Å². The largest absolute Gasteiger partial charge is 0.367 e. The van der Waals surface area contributed by atoms with Gasteiger partial charge in [0.2, 0.25) is 0 Å². The van der Waals surface area contributed by atoms with E-state index in [1.165, 1.54) is 49.8 Å². The third-order valence-corrected chi connectivity index (χ3v) is 5.34. The SMILES string of the molecule is ClCc1cccc(Cl)c1N1CCCC1C1CCCC1. The van der Waals surface area contributed by atoms with Crippen molar-refractivity contribution in [2.24, 2.45) is 5.92 Å². The Bertz CT molecular complexity index is 440. The van der Waals surface area contributed by atoms with E-state index in [0.717, 1.165) is 17.5 Å². The van der Waals surface area contributed by atoms with Crippen molar-refractivity contribution in [1.82, 2.24) is 0 Å². The minimum Gasteiger partial charge on any atom is -0.367 e. The smallest absolute Gasteiger partial charge is 0.0642 e. The second-order valence-corrected chi connectivity index (χ2v) is 6.50. The van der Waals surface area contributed by atoms with Crippen LogP contribution >= 0.6 is 23.2 Å². The number of benzene rings is 1. The fourth-order valence-electron chi connectivity index (χ4n) is 3.89. The van der Waals surface area contributed by atoms with Crippen LogP contribution in [0, 0.1) is 5.92 Å². The van der Waals surface area contributed by atoms with Crippen LogP contribution in [0.25, 0.3) is 0 Å². The monoisotopic (exact) mass is 297 g/mol. The lowest BCUT2D eigenvalue weighted by molar-refractivity contribution is 0.430. The van der Waals surface area contributed by atoms with Gasteiger partial charge < -0.3 is 4.90 Å². The number of anilines is 1. The predicted molar refractivity (Wildman–Crippen MR) is 83.3 cm³/mol. The summed E-state index contributed by atoms with van der Waals surface area (Å²) in [6, 6.07) is 6.80. The second kappa shape index (κ2) is 5.93. The van der Waals surface area contributed by atoms with Gasteiger partial charge in [-0.05, 0) is 43.2 Å². The summed E-state index contributed by atoms with van der Waals surface area (Å²) in [5, 5.41) is 0.864. The van der Waals surface area contributed by atoms with Crippen molar-refractivity contribution in [2.45, 2.75) is 50.4 Å². The first kappa shape index (κ1) is 13.6. The molecule has 1 aromatic carbocycles. The van der Waals surface area contributed by atoms with Crippen molar-refractivity contribution in [2.75, 3.05) is 11.4 Å². The van der Waals surface area contributed by atoms with E-state index in [9.17, 15) is 0 Å². The molecule has 0 amide bonds. The van der Waals surface area contributed by atoms with Crippen molar-refractivity contribution in [3.8, 4) is 0 Å². The molecule has 0 N–H and O–H groups in total. The summed E-state index contributed by atoms with van der Waals surface area (Å²) in [4.78, 5) is 2.55. The Labute approximate surface area is 125 Å². The zero-order chi connectivity index (χ0) is 13.2. The summed E-state index contributed by atoms with van der Waals surface area (Å²) in [5.41, 5.74) is 2.38. The highest BCUT2D eigenvalue weighted by atomic mass is 35.5. The molecule has 1 aliphatic heterocycles. The fraction of sp³-hybridized carbons (Fsp3) is 0.625. The molecule has 0 radical (unpaired) electrons. The zero-order valence-electron chi connectivity index (χ0n) is 11.2. The van der Waals surface area contributed by atoms with E-state index in [1.807, 2.05) is 12.1 Å². The molecule has 1 atom stereocenters. The topological polar surface area (TPSA) is 3.24 Å². The average molecular weight is 298 g/mol. The number of nitrogens with zero attached hydrogens (tertiary/aromatic N) is 1. The molecule has 1 aromatic rings. The summed E-state index contributed by atoms with van der Waals surface area (Å²) < 4.78 is 0. The van der Waals surface area contributed by atoms with Gasteiger partial charge >= 0.3 is 0 Å². The van der Waals surface area contributed by atoms with Gasteiger partial charge in [-0.1, -0.05) is 36.6 Å². The maximum atomic E-state index is 6.46. The van der Waals surface area contributed by atoms with Crippen molar-refractivity contribution in [3.63, 3.8) is 0 Å². The van der Waals surface area contributed by atoms with Crippen LogP contribution in [0.15, 0.2) is 18.2 Å². The van der Waals surface area contributed by atoms with Crippen LogP contribution < -0.4 is 4.90 Å². The van der Waals surface area contributed by atoms with Gasteiger partial charge in [-0.25, -0.2) is 0 Å². The van der Waals surface area contributed by atoms with Crippen LogP contribution in [-0.2, 0) is 5.88 Å². The van der Waals surface area contributed by atoms with Gasteiger partial charge in [0.25, 0.3) is 0 Å². The van der Waals surface area contributed by atoms with E-state index >= 15 is 0 Å². The van der Waals surface area contributed by atoms with Crippen LogP contribution in [0.1, 0.15) is 44.1 Å². The summed E-state index contributed by atoms with van der Waals surface area (Å²) in [6.07, 6.45) is 8.19. The van der Waals surface area contributed by atoms with Crippen LogP contribution in [0.4, 0.5) is 5.69 Å². The molecule has 1 heterocycles. The van der Waals surface area contributed by atoms with Crippen LogP contribution in [0.5, 0.6) is 0 Å². The summed E-state index contributed by atoms with van der Waals surface area (Å²) in [6.45, 7) is 1.13. The quantitative estimate of drug-likeness (QED) is 0.690. The lowest BCUT2D eigenvalue weighted by Gasteiger charge is -2.33. The highest BCUT2D eigenvalue weighted by molar-refractivity contribution is 6.33. The van der Waals surface area contributed by atoms with Crippen molar-refractivity contribution in [1.29, 1.82) is 0 Å². The molecule has 3 heteroatoms. The Kier molecular flexibility index (Phi) is 4.24. The van der Waals surface area contributed by atoms with E-state index in [4.69, 9.17) is 23.2 Å². The number of hydrogen-bond acceptors (Lipinski definition) is 1. The molecule has 1 aliphatic carbocycles. The third-order valence-electron chi connectivity index (χ3n) is 4.74. The lowest BCUT2D eigenvalue weighted by atomic mass is 9.95. The molecule has 1 saturated heterocycles. The van der Waals surface area contributed by atoms with E-state index in [2.05, 4.69) is 11.0 Å². The van der Waals surface area contributed by atoms with Crippen molar-refractivity contribution in [3.05, 3.63) is 28.8 Å².